The lowest BCUT2D eigenvalue weighted by molar-refractivity contribution is -0.0504. The van der Waals surface area contributed by atoms with Gasteiger partial charge in [-0.2, -0.15) is 13.9 Å². The molecule has 0 aliphatic rings. The number of H-pyrrole nitrogens is 1. The van der Waals surface area contributed by atoms with E-state index in [4.69, 9.17) is 4.42 Å². The van der Waals surface area contributed by atoms with E-state index in [1.807, 2.05) is 0 Å². The molecule has 11 nitrogen and oxygen atoms in total. The van der Waals surface area contributed by atoms with Crippen LogP contribution in [0.4, 0.5) is 8.78 Å². The first kappa shape index (κ1) is 23.7. The molecular formula is C24H18F2N6O5. The van der Waals surface area contributed by atoms with E-state index in [0.29, 0.717) is 22.2 Å². The van der Waals surface area contributed by atoms with Crippen molar-refractivity contribution in [3.8, 4) is 5.75 Å². The van der Waals surface area contributed by atoms with Gasteiger partial charge < -0.3 is 19.8 Å². The second-order valence-corrected chi connectivity index (χ2v) is 7.82. The van der Waals surface area contributed by atoms with E-state index in [9.17, 15) is 23.2 Å². The van der Waals surface area contributed by atoms with Gasteiger partial charge in [0.05, 0.1) is 11.7 Å². The topological polar surface area (TPSA) is 144 Å². The highest BCUT2D eigenvalue weighted by atomic mass is 19.3. The highest BCUT2D eigenvalue weighted by Crippen LogP contribution is 2.20. The number of halogens is 2. The number of nitrogens with one attached hydrogen (secondary N) is 3. The molecule has 0 bridgehead atoms. The number of hydrogen-bond donors (Lipinski definition) is 3. The Morgan fingerprint density at radius 1 is 1.05 bits per heavy atom. The van der Waals surface area contributed by atoms with Crippen molar-refractivity contribution in [1.82, 2.24) is 30.2 Å². The maximum Gasteiger partial charge on any atom is 0.417 e. The lowest BCUT2D eigenvalue weighted by atomic mass is 10.2. The van der Waals surface area contributed by atoms with Gasteiger partial charge in [0.2, 0.25) is 0 Å². The highest BCUT2D eigenvalue weighted by molar-refractivity contribution is 5.98. The summed E-state index contributed by atoms with van der Waals surface area (Å²) in [6.45, 7) is -2.99. The molecule has 2 aromatic carbocycles. The van der Waals surface area contributed by atoms with Crippen LogP contribution in [0.2, 0.25) is 0 Å². The van der Waals surface area contributed by atoms with E-state index < -0.39 is 24.2 Å². The van der Waals surface area contributed by atoms with Crippen LogP contribution in [0.25, 0.3) is 16.7 Å². The summed E-state index contributed by atoms with van der Waals surface area (Å²) in [4.78, 5) is 44.0. The Morgan fingerprint density at radius 2 is 1.86 bits per heavy atom. The quantitative estimate of drug-likeness (QED) is 0.292. The van der Waals surface area contributed by atoms with Crippen molar-refractivity contribution in [2.75, 3.05) is 0 Å². The molecule has 13 heteroatoms. The summed E-state index contributed by atoms with van der Waals surface area (Å²) in [7, 11) is 0. The second-order valence-electron chi connectivity index (χ2n) is 7.82. The van der Waals surface area contributed by atoms with Gasteiger partial charge in [-0.1, -0.05) is 24.3 Å². The normalized spacial score (nSPS) is 11.2. The number of carbonyl (C=O) groups excluding carboxylic acids is 2. The van der Waals surface area contributed by atoms with Crippen LogP contribution in [0.3, 0.4) is 0 Å². The van der Waals surface area contributed by atoms with Crippen molar-refractivity contribution >= 4 is 28.6 Å². The second kappa shape index (κ2) is 9.89. The molecule has 0 aliphatic carbocycles. The van der Waals surface area contributed by atoms with E-state index in [1.165, 1.54) is 35.0 Å². The van der Waals surface area contributed by atoms with Crippen LogP contribution in [0.1, 0.15) is 32.1 Å². The van der Waals surface area contributed by atoms with Crippen LogP contribution in [0.5, 0.6) is 5.75 Å². The zero-order valence-corrected chi connectivity index (χ0v) is 18.9. The van der Waals surface area contributed by atoms with Gasteiger partial charge in [0.1, 0.15) is 17.1 Å². The Labute approximate surface area is 206 Å². The molecule has 0 saturated heterocycles. The molecule has 5 aromatic rings. The molecule has 188 valence electrons. The number of nitrogens with zero attached hydrogens (tertiary/aromatic N) is 3. The summed E-state index contributed by atoms with van der Waals surface area (Å²) in [5.74, 6) is -1.79. The van der Waals surface area contributed by atoms with Gasteiger partial charge in [0, 0.05) is 30.8 Å². The number of ether oxygens (including phenoxy) is 1. The predicted molar refractivity (Wildman–Crippen MR) is 125 cm³/mol. The summed E-state index contributed by atoms with van der Waals surface area (Å²) >= 11 is 0. The summed E-state index contributed by atoms with van der Waals surface area (Å²) in [5.41, 5.74) is 2.18. The third kappa shape index (κ3) is 5.15. The van der Waals surface area contributed by atoms with Crippen molar-refractivity contribution < 1.29 is 27.5 Å². The minimum Gasteiger partial charge on any atom is -0.434 e. The van der Waals surface area contributed by atoms with E-state index in [-0.39, 0.29) is 35.9 Å². The number of benzene rings is 2. The fraction of sp³-hybridized carbons (Fsp3) is 0.125. The molecule has 3 heterocycles. The van der Waals surface area contributed by atoms with Crippen molar-refractivity contribution in [1.29, 1.82) is 0 Å². The number of aromatic amines is 1. The Balaban J connectivity index is 1.33. The minimum atomic E-state index is -3.01. The average molecular weight is 508 g/mol. The van der Waals surface area contributed by atoms with Crippen LogP contribution in [-0.4, -0.2) is 38.0 Å². The van der Waals surface area contributed by atoms with Gasteiger partial charge in [0.15, 0.2) is 11.2 Å². The molecule has 0 aliphatic heterocycles. The van der Waals surface area contributed by atoms with Gasteiger partial charge >= 0.3 is 12.4 Å². The average Bonchev–Trinajstić information content (AvgIpc) is 3.50. The van der Waals surface area contributed by atoms with E-state index >= 15 is 0 Å². The Morgan fingerprint density at radius 3 is 2.70 bits per heavy atom. The molecule has 3 N–H and O–H groups in total. The van der Waals surface area contributed by atoms with Crippen molar-refractivity contribution in [2.45, 2.75) is 19.7 Å². The van der Waals surface area contributed by atoms with Crippen molar-refractivity contribution in [2.24, 2.45) is 0 Å². The zero-order valence-electron chi connectivity index (χ0n) is 18.9. The molecule has 37 heavy (non-hydrogen) atoms. The number of amides is 2. The maximum absolute atomic E-state index is 13.0. The molecule has 0 spiro atoms. The minimum absolute atomic E-state index is 0.0183. The highest BCUT2D eigenvalue weighted by Gasteiger charge is 2.18. The number of aromatic nitrogens is 4. The Hall–Kier alpha value is -5.07. The smallest absolute Gasteiger partial charge is 0.417 e. The number of rotatable bonds is 8. The molecule has 3 aromatic heterocycles. The summed E-state index contributed by atoms with van der Waals surface area (Å²) < 4.78 is 36.1. The molecule has 5 rings (SSSR count). The fourth-order valence-corrected chi connectivity index (χ4v) is 3.70. The molecule has 0 unspecified atom stereocenters. The van der Waals surface area contributed by atoms with E-state index in [2.05, 4.69) is 30.4 Å². The number of carbonyl (C=O) groups is 2. The molecule has 0 radical (unpaired) electrons. The number of para-hydroxylation sites is 1. The van der Waals surface area contributed by atoms with E-state index in [1.54, 1.807) is 30.3 Å². The standard InChI is InChI=1S/C24H18F2N6O5/c25-23(26)36-18-4-2-1-3-14(18)12-28-22(34)17-10-16(30-20-7-8-29-32(17)20)21(33)27-11-13-5-6-19-15(9-13)31-24(35)37-19/h1-10,23H,11-12H2,(H,27,33)(H,28,34)(H,31,35). The maximum atomic E-state index is 13.0. The van der Waals surface area contributed by atoms with Gasteiger partial charge in [-0.3, -0.25) is 14.6 Å². The Bertz CT molecular complexity index is 1680. The Kier molecular flexibility index (Phi) is 6.32. The number of hydrogen-bond acceptors (Lipinski definition) is 7. The van der Waals surface area contributed by atoms with Crippen LogP contribution >= 0.6 is 0 Å². The van der Waals surface area contributed by atoms with Crippen LogP contribution in [0.15, 0.2) is 70.0 Å². The van der Waals surface area contributed by atoms with Crippen LogP contribution in [0, 0.1) is 0 Å². The monoisotopic (exact) mass is 508 g/mol. The molecular weight excluding hydrogens is 490 g/mol. The number of fused-ring (bicyclic) bond motifs is 2. The van der Waals surface area contributed by atoms with Gasteiger partial charge in [-0.05, 0) is 23.8 Å². The van der Waals surface area contributed by atoms with Gasteiger partial charge in [-0.25, -0.2) is 14.3 Å². The zero-order chi connectivity index (χ0) is 25.9. The number of oxazole rings is 1. The first-order chi connectivity index (χ1) is 17.9. The molecule has 0 saturated carbocycles. The molecule has 0 fully saturated rings. The predicted octanol–water partition coefficient (Wildman–Crippen LogP) is 2.63. The van der Waals surface area contributed by atoms with E-state index in [0.717, 1.165) is 0 Å². The molecule has 2 amide bonds. The SMILES string of the molecule is O=C(NCc1ccc2oc(=O)[nH]c2c1)c1cc(C(=O)NCc2ccccc2OC(F)F)n2nccc2n1. The lowest BCUT2D eigenvalue weighted by Gasteiger charge is -2.12. The summed E-state index contributed by atoms with van der Waals surface area (Å²) in [5, 5.41) is 9.43. The van der Waals surface area contributed by atoms with Gasteiger partial charge in [0.25, 0.3) is 11.8 Å². The van der Waals surface area contributed by atoms with Gasteiger partial charge in [-0.15, -0.1) is 0 Å². The molecule has 0 atom stereocenters. The third-order valence-corrected chi connectivity index (χ3v) is 5.39. The largest absolute Gasteiger partial charge is 0.434 e. The van der Waals surface area contributed by atoms with Crippen molar-refractivity contribution in [3.63, 3.8) is 0 Å². The summed E-state index contributed by atoms with van der Waals surface area (Å²) in [6, 6.07) is 13.9. The third-order valence-electron chi connectivity index (χ3n) is 5.39. The lowest BCUT2D eigenvalue weighted by Crippen LogP contribution is -2.28. The number of alkyl halides is 2. The summed E-state index contributed by atoms with van der Waals surface area (Å²) in [6.07, 6.45) is 1.42. The first-order valence-corrected chi connectivity index (χ1v) is 10.9. The van der Waals surface area contributed by atoms with Crippen LogP contribution < -0.4 is 21.1 Å². The first-order valence-electron chi connectivity index (χ1n) is 10.9. The fourth-order valence-electron chi connectivity index (χ4n) is 3.70. The van der Waals surface area contributed by atoms with Crippen molar-refractivity contribution in [3.05, 3.63) is 93.9 Å². The van der Waals surface area contributed by atoms with Crippen LogP contribution in [-0.2, 0) is 13.1 Å².